The van der Waals surface area contributed by atoms with E-state index in [0.29, 0.717) is 31.2 Å². The number of aliphatic hydroxyl groups excluding tert-OH is 1. The van der Waals surface area contributed by atoms with Crippen LogP contribution in [-0.2, 0) is 14.6 Å². The number of anilines is 1. The normalized spacial score (nSPS) is 17.6. The Morgan fingerprint density at radius 2 is 2.03 bits per heavy atom. The summed E-state index contributed by atoms with van der Waals surface area (Å²) >= 11 is 1.42. The summed E-state index contributed by atoms with van der Waals surface area (Å²) < 4.78 is 30.4. The lowest BCUT2D eigenvalue weighted by atomic mass is 10.0. The van der Waals surface area contributed by atoms with Gasteiger partial charge in [0, 0.05) is 23.1 Å². The van der Waals surface area contributed by atoms with Crippen molar-refractivity contribution in [1.29, 1.82) is 0 Å². The van der Waals surface area contributed by atoms with Crippen molar-refractivity contribution in [2.24, 2.45) is 0 Å². The second-order valence-electron chi connectivity index (χ2n) is 8.80. The van der Waals surface area contributed by atoms with Crippen LogP contribution in [0.5, 0.6) is 0 Å². The number of hydrogen-bond donors (Lipinski definition) is 2. The molecule has 0 bridgehead atoms. The van der Waals surface area contributed by atoms with Crippen molar-refractivity contribution in [1.82, 2.24) is 20.2 Å². The Morgan fingerprint density at radius 1 is 1.19 bits per heavy atom. The summed E-state index contributed by atoms with van der Waals surface area (Å²) in [7, 11) is -3.29. The van der Waals surface area contributed by atoms with Crippen LogP contribution in [-0.4, -0.2) is 59.6 Å². The Morgan fingerprint density at radius 3 is 2.83 bits per heavy atom. The first kappa shape index (κ1) is 23.0. The van der Waals surface area contributed by atoms with E-state index in [1.54, 1.807) is 18.3 Å². The van der Waals surface area contributed by atoms with Crippen LogP contribution in [0, 0.1) is 0 Å². The molecular weight excluding hydrogens is 498 g/mol. The number of fused-ring (bicyclic) bond motifs is 2. The van der Waals surface area contributed by atoms with Crippen molar-refractivity contribution >= 4 is 48.2 Å². The number of rotatable bonds is 5. The fourth-order valence-electron chi connectivity index (χ4n) is 4.49. The van der Waals surface area contributed by atoms with Crippen LogP contribution < -0.4 is 4.90 Å². The predicted molar refractivity (Wildman–Crippen MR) is 138 cm³/mol. The third kappa shape index (κ3) is 4.24. The predicted octanol–water partition coefficient (Wildman–Crippen LogP) is 3.63. The lowest BCUT2D eigenvalue weighted by molar-refractivity contribution is 0.0402. The highest BCUT2D eigenvalue weighted by molar-refractivity contribution is 7.90. The fraction of sp³-hybridized carbons (Fsp3) is 0.240. The van der Waals surface area contributed by atoms with E-state index >= 15 is 0 Å². The quantitative estimate of drug-likeness (QED) is 0.360. The van der Waals surface area contributed by atoms with Crippen LogP contribution in [0.3, 0.4) is 0 Å². The monoisotopic (exact) mass is 521 g/mol. The van der Waals surface area contributed by atoms with Gasteiger partial charge in [0.2, 0.25) is 5.95 Å². The lowest BCUT2D eigenvalue weighted by Crippen LogP contribution is -2.39. The molecule has 9 nitrogen and oxygen atoms in total. The molecule has 2 unspecified atom stereocenters. The van der Waals surface area contributed by atoms with Gasteiger partial charge in [-0.1, -0.05) is 24.3 Å². The third-order valence-electron chi connectivity index (χ3n) is 6.39. The summed E-state index contributed by atoms with van der Waals surface area (Å²) in [5.74, 6) is 0.617. The maximum atomic E-state index is 11.7. The molecule has 0 amide bonds. The summed E-state index contributed by atoms with van der Waals surface area (Å²) in [5, 5.41) is 19.1. The van der Waals surface area contributed by atoms with E-state index in [1.807, 2.05) is 24.4 Å². The van der Waals surface area contributed by atoms with Gasteiger partial charge in [-0.05, 0) is 35.4 Å². The van der Waals surface area contributed by atoms with Gasteiger partial charge >= 0.3 is 0 Å². The van der Waals surface area contributed by atoms with Gasteiger partial charge in [0.05, 0.1) is 46.2 Å². The number of aromatic nitrogens is 4. The number of benzene rings is 2. The van der Waals surface area contributed by atoms with E-state index in [4.69, 9.17) is 9.72 Å². The van der Waals surface area contributed by atoms with Gasteiger partial charge in [-0.25, -0.2) is 18.4 Å². The van der Waals surface area contributed by atoms with Crippen molar-refractivity contribution in [2.75, 3.05) is 30.9 Å². The van der Waals surface area contributed by atoms with Crippen LogP contribution in [0.25, 0.3) is 21.1 Å². The molecule has 1 fully saturated rings. The minimum Gasteiger partial charge on any atom is -0.383 e. The first-order valence-electron chi connectivity index (χ1n) is 11.4. The molecule has 2 N–H and O–H groups in total. The number of thiophene rings is 1. The highest BCUT2D eigenvalue weighted by Gasteiger charge is 2.26. The summed E-state index contributed by atoms with van der Waals surface area (Å²) in [4.78, 5) is 12.4. The second-order valence-corrected chi connectivity index (χ2v) is 11.9. The zero-order valence-electron chi connectivity index (χ0n) is 19.3. The number of nitrogens with one attached hydrogen (secondary N) is 1. The molecule has 5 aromatic rings. The van der Waals surface area contributed by atoms with Crippen LogP contribution in [0.2, 0.25) is 0 Å². The van der Waals surface area contributed by atoms with Crippen molar-refractivity contribution in [3.05, 3.63) is 76.9 Å². The van der Waals surface area contributed by atoms with Gasteiger partial charge in [0.25, 0.3) is 0 Å². The number of ether oxygens (including phenoxy) is 1. The number of aromatic amines is 1. The van der Waals surface area contributed by atoms with Gasteiger partial charge in [-0.3, -0.25) is 5.10 Å². The summed E-state index contributed by atoms with van der Waals surface area (Å²) in [5.41, 5.74) is 3.43. The molecule has 1 aliphatic rings. The van der Waals surface area contributed by atoms with E-state index in [-0.39, 0.29) is 11.0 Å². The number of hydrogen-bond acceptors (Lipinski definition) is 9. The smallest absolute Gasteiger partial charge is 0.226 e. The van der Waals surface area contributed by atoms with Gasteiger partial charge in [-0.15, -0.1) is 11.3 Å². The van der Waals surface area contributed by atoms with Crippen molar-refractivity contribution in [2.45, 2.75) is 17.1 Å². The number of sulfone groups is 1. The van der Waals surface area contributed by atoms with E-state index in [2.05, 4.69) is 26.1 Å². The molecular formula is C25H23N5O4S2. The third-order valence-corrected chi connectivity index (χ3v) is 8.62. The van der Waals surface area contributed by atoms with Crippen LogP contribution >= 0.6 is 11.3 Å². The molecule has 4 heterocycles. The molecule has 1 aliphatic heterocycles. The van der Waals surface area contributed by atoms with E-state index in [0.717, 1.165) is 37.8 Å². The van der Waals surface area contributed by atoms with Crippen LogP contribution in [0.4, 0.5) is 5.95 Å². The molecule has 184 valence electrons. The Kier molecular flexibility index (Phi) is 5.72. The molecule has 0 aliphatic carbocycles. The number of nitrogens with zero attached hydrogens (tertiary/aromatic N) is 4. The first-order chi connectivity index (χ1) is 17.4. The molecule has 36 heavy (non-hydrogen) atoms. The van der Waals surface area contributed by atoms with E-state index < -0.39 is 15.9 Å². The standard InChI is InChI=1S/C25H23N5O4S2/c1-36(32,33)16-7-5-15(6-8-16)24(31)22-11-20-23(35-22)13-26-25(28-20)30-9-10-34-21(14-30)17-3-2-4-19-18(17)12-27-29-19/h2-8,11-13,21,24,31H,9-10,14H2,1H3,(H,27,29). The van der Waals surface area contributed by atoms with Gasteiger partial charge in [-0.2, -0.15) is 5.10 Å². The number of morpholine rings is 1. The minimum absolute atomic E-state index is 0.130. The molecule has 11 heteroatoms. The highest BCUT2D eigenvalue weighted by Crippen LogP contribution is 2.34. The average molecular weight is 522 g/mol. The summed E-state index contributed by atoms with van der Waals surface area (Å²) in [6.07, 6.45) is 3.75. The SMILES string of the molecule is CS(=O)(=O)c1ccc(C(O)c2cc3nc(N4CCOC(c5cccc6[nH]ncc56)C4)ncc3s2)cc1. The number of H-pyrrole nitrogens is 1. The summed E-state index contributed by atoms with van der Waals surface area (Å²) in [6.45, 7) is 1.84. The molecule has 2 atom stereocenters. The second kappa shape index (κ2) is 8.93. The van der Waals surface area contributed by atoms with Gasteiger partial charge < -0.3 is 14.7 Å². The Labute approximate surface area is 211 Å². The largest absolute Gasteiger partial charge is 0.383 e. The zero-order chi connectivity index (χ0) is 24.9. The van der Waals surface area contributed by atoms with E-state index in [1.165, 1.54) is 23.5 Å². The maximum Gasteiger partial charge on any atom is 0.226 e. The highest BCUT2D eigenvalue weighted by atomic mass is 32.2. The Bertz CT molecular complexity index is 1660. The van der Waals surface area contributed by atoms with Crippen molar-refractivity contribution in [3.8, 4) is 0 Å². The first-order valence-corrected chi connectivity index (χ1v) is 14.1. The minimum atomic E-state index is -3.29. The summed E-state index contributed by atoms with van der Waals surface area (Å²) in [6, 6.07) is 14.2. The molecule has 6 rings (SSSR count). The molecule has 1 saturated heterocycles. The van der Waals surface area contributed by atoms with Gasteiger partial charge in [0.1, 0.15) is 12.2 Å². The molecule has 0 spiro atoms. The molecule has 0 saturated carbocycles. The maximum absolute atomic E-state index is 11.7. The van der Waals surface area contributed by atoms with E-state index in [9.17, 15) is 13.5 Å². The molecule has 3 aromatic heterocycles. The topological polar surface area (TPSA) is 121 Å². The fourth-order valence-corrected chi connectivity index (χ4v) is 6.10. The van der Waals surface area contributed by atoms with Gasteiger partial charge in [0.15, 0.2) is 9.84 Å². The average Bonchev–Trinajstić information content (AvgIpc) is 3.54. The van der Waals surface area contributed by atoms with Crippen molar-refractivity contribution in [3.63, 3.8) is 0 Å². The zero-order valence-corrected chi connectivity index (χ0v) is 21.0. The van der Waals surface area contributed by atoms with Crippen LogP contribution in [0.1, 0.15) is 28.2 Å². The van der Waals surface area contributed by atoms with Crippen LogP contribution in [0.15, 0.2) is 65.8 Å². The number of aliphatic hydroxyl groups is 1. The Hall–Kier alpha value is -3.38. The van der Waals surface area contributed by atoms with Crippen molar-refractivity contribution < 1.29 is 18.3 Å². The Balaban J connectivity index is 1.25. The molecule has 0 radical (unpaired) electrons. The lowest BCUT2D eigenvalue weighted by Gasteiger charge is -2.33. The molecule has 2 aromatic carbocycles.